The van der Waals surface area contributed by atoms with Crippen LogP contribution in [-0.2, 0) is 11.2 Å². The molecule has 4 nitrogen and oxygen atoms in total. The molecule has 0 spiro atoms. The lowest BCUT2D eigenvalue weighted by Gasteiger charge is -2.06. The number of ether oxygens (including phenoxy) is 1. The minimum atomic E-state index is -0.612. The molecular formula is C10H11O4. The highest BCUT2D eigenvalue weighted by molar-refractivity contribution is 5.92. The molecule has 0 bridgehead atoms. The largest absolute Gasteiger partial charge is 0.507 e. The van der Waals surface area contributed by atoms with Gasteiger partial charge in [0.05, 0.1) is 7.11 Å². The van der Waals surface area contributed by atoms with Crippen molar-refractivity contribution in [3.8, 4) is 5.75 Å². The molecule has 0 fully saturated rings. The topological polar surface area (TPSA) is 66.8 Å². The first-order valence-corrected chi connectivity index (χ1v) is 4.11. The summed E-state index contributed by atoms with van der Waals surface area (Å²) in [6, 6.07) is 5.57. The Kier molecular flexibility index (Phi) is 3.48. The van der Waals surface area contributed by atoms with Gasteiger partial charge in [-0.05, 0) is 30.2 Å². The van der Waals surface area contributed by atoms with Crippen LogP contribution >= 0.6 is 0 Å². The van der Waals surface area contributed by atoms with Gasteiger partial charge in [0.2, 0.25) is 0 Å². The van der Waals surface area contributed by atoms with E-state index >= 15 is 0 Å². The van der Waals surface area contributed by atoms with Crippen molar-refractivity contribution in [2.75, 3.05) is 13.7 Å². The number of carbonyl (C=O) groups excluding carboxylic acids is 1. The number of aliphatic hydroxyl groups is 1. The molecule has 14 heavy (non-hydrogen) atoms. The summed E-state index contributed by atoms with van der Waals surface area (Å²) in [7, 11) is 1.24. The Balaban J connectivity index is 3.07. The fourth-order valence-electron chi connectivity index (χ4n) is 1.11. The molecule has 1 aromatic carbocycles. The van der Waals surface area contributed by atoms with Gasteiger partial charge >= 0.3 is 5.97 Å². The molecule has 2 N–H and O–H groups in total. The van der Waals surface area contributed by atoms with Crippen LogP contribution in [0.3, 0.4) is 0 Å². The summed E-state index contributed by atoms with van der Waals surface area (Å²) in [4.78, 5) is 11.1. The summed E-state index contributed by atoms with van der Waals surface area (Å²) in [5.74, 6) is -0.761. The van der Waals surface area contributed by atoms with Crippen LogP contribution in [0.25, 0.3) is 0 Å². The van der Waals surface area contributed by atoms with E-state index in [9.17, 15) is 9.90 Å². The Morgan fingerprint density at radius 2 is 2.29 bits per heavy atom. The number of aromatic hydroxyl groups is 1. The molecule has 1 rings (SSSR count). The Labute approximate surface area is 81.8 Å². The van der Waals surface area contributed by atoms with E-state index in [-0.39, 0.29) is 24.3 Å². The number of aliphatic hydroxyl groups excluding tert-OH is 1. The van der Waals surface area contributed by atoms with E-state index in [1.165, 1.54) is 19.2 Å². The van der Waals surface area contributed by atoms with Crippen molar-refractivity contribution in [3.63, 3.8) is 0 Å². The molecule has 75 valence electrons. The first-order valence-electron chi connectivity index (χ1n) is 4.11. The maximum Gasteiger partial charge on any atom is 0.341 e. The van der Waals surface area contributed by atoms with Crippen molar-refractivity contribution in [1.29, 1.82) is 0 Å². The highest BCUT2D eigenvalue weighted by Crippen LogP contribution is 2.22. The van der Waals surface area contributed by atoms with E-state index in [2.05, 4.69) is 10.8 Å². The normalized spacial score (nSPS) is 9.86. The zero-order valence-corrected chi connectivity index (χ0v) is 7.78. The first-order chi connectivity index (χ1) is 6.70. The second-order valence-electron chi connectivity index (χ2n) is 2.71. The van der Waals surface area contributed by atoms with E-state index in [4.69, 9.17) is 5.11 Å². The second-order valence-corrected chi connectivity index (χ2v) is 2.71. The van der Waals surface area contributed by atoms with E-state index in [0.29, 0.717) is 5.56 Å². The third-order valence-corrected chi connectivity index (χ3v) is 1.83. The van der Waals surface area contributed by atoms with E-state index in [1.54, 1.807) is 0 Å². The highest BCUT2D eigenvalue weighted by Gasteiger charge is 2.13. The quantitative estimate of drug-likeness (QED) is 0.690. The standard InChI is InChI=1S/C10H11O4/c1-14-10(13)8-4-2-3-7(5-6-11)9(8)12/h3-4,11-12H,5-6H2,1H3. The summed E-state index contributed by atoms with van der Waals surface area (Å²) >= 11 is 0. The van der Waals surface area contributed by atoms with Gasteiger partial charge in [-0.1, -0.05) is 0 Å². The summed E-state index contributed by atoms with van der Waals surface area (Å²) < 4.78 is 4.47. The molecule has 0 atom stereocenters. The lowest BCUT2D eigenvalue weighted by atomic mass is 10.1. The van der Waals surface area contributed by atoms with E-state index in [1.807, 2.05) is 0 Å². The molecule has 0 heterocycles. The van der Waals surface area contributed by atoms with Crippen LogP contribution in [0.2, 0.25) is 0 Å². The van der Waals surface area contributed by atoms with Crippen LogP contribution in [0.15, 0.2) is 12.1 Å². The van der Waals surface area contributed by atoms with E-state index in [0.717, 1.165) is 0 Å². The monoisotopic (exact) mass is 195 g/mol. The second kappa shape index (κ2) is 4.62. The number of hydrogen-bond donors (Lipinski definition) is 2. The van der Waals surface area contributed by atoms with Crippen molar-refractivity contribution >= 4 is 5.97 Å². The van der Waals surface area contributed by atoms with Gasteiger partial charge in [-0.25, -0.2) is 4.79 Å². The third kappa shape index (κ3) is 2.03. The van der Waals surface area contributed by atoms with Gasteiger partial charge in [0.15, 0.2) is 0 Å². The number of rotatable bonds is 3. The summed E-state index contributed by atoms with van der Waals surface area (Å²) in [6.45, 7) is -0.0912. The molecule has 0 amide bonds. The van der Waals surface area contributed by atoms with Crippen LogP contribution in [0.4, 0.5) is 0 Å². The minimum Gasteiger partial charge on any atom is -0.507 e. The molecule has 0 saturated heterocycles. The number of methoxy groups -OCH3 is 1. The molecule has 1 aromatic rings. The van der Waals surface area contributed by atoms with E-state index < -0.39 is 5.97 Å². The highest BCUT2D eigenvalue weighted by atomic mass is 16.5. The van der Waals surface area contributed by atoms with Crippen molar-refractivity contribution in [2.24, 2.45) is 0 Å². The van der Waals surface area contributed by atoms with Crippen molar-refractivity contribution in [3.05, 3.63) is 29.3 Å². The Bertz CT molecular complexity index is 333. The zero-order chi connectivity index (χ0) is 10.6. The van der Waals surface area contributed by atoms with Gasteiger partial charge < -0.3 is 14.9 Å². The average Bonchev–Trinajstić information content (AvgIpc) is 2.20. The summed E-state index contributed by atoms with van der Waals surface area (Å²) in [6.07, 6.45) is 0.285. The van der Waals surface area contributed by atoms with Gasteiger partial charge in [0.25, 0.3) is 0 Å². The van der Waals surface area contributed by atoms with Crippen LogP contribution < -0.4 is 0 Å². The molecule has 0 saturated carbocycles. The third-order valence-electron chi connectivity index (χ3n) is 1.83. The van der Waals surface area contributed by atoms with Crippen LogP contribution in [-0.4, -0.2) is 29.9 Å². The number of carbonyl (C=O) groups is 1. The number of phenols is 1. The minimum absolute atomic E-state index is 0.0680. The molecule has 0 unspecified atom stereocenters. The van der Waals surface area contributed by atoms with Crippen LogP contribution in [0.5, 0.6) is 5.75 Å². The van der Waals surface area contributed by atoms with Gasteiger partial charge in [0.1, 0.15) is 11.3 Å². The molecule has 0 aromatic heterocycles. The Morgan fingerprint density at radius 3 is 2.86 bits per heavy atom. The van der Waals surface area contributed by atoms with Gasteiger partial charge in [-0.2, -0.15) is 0 Å². The Morgan fingerprint density at radius 1 is 1.57 bits per heavy atom. The molecule has 1 radical (unpaired) electrons. The number of phenolic OH excluding ortho intramolecular Hbond substituents is 1. The van der Waals surface area contributed by atoms with Crippen molar-refractivity contribution in [2.45, 2.75) is 6.42 Å². The van der Waals surface area contributed by atoms with Crippen LogP contribution in [0.1, 0.15) is 15.9 Å². The number of esters is 1. The maximum atomic E-state index is 11.1. The predicted molar refractivity (Wildman–Crippen MR) is 49.1 cm³/mol. The molecule has 0 aliphatic carbocycles. The first kappa shape index (κ1) is 10.5. The summed E-state index contributed by atoms with van der Waals surface area (Å²) in [5, 5.41) is 18.3. The number of hydrogen-bond acceptors (Lipinski definition) is 4. The average molecular weight is 195 g/mol. The van der Waals surface area contributed by atoms with Crippen LogP contribution in [0, 0.1) is 6.07 Å². The Hall–Kier alpha value is -1.55. The maximum absolute atomic E-state index is 11.1. The lowest BCUT2D eigenvalue weighted by molar-refractivity contribution is 0.0597. The van der Waals surface area contributed by atoms with Crippen molar-refractivity contribution in [1.82, 2.24) is 0 Å². The molecule has 0 aliphatic heterocycles. The smallest absolute Gasteiger partial charge is 0.341 e. The van der Waals surface area contributed by atoms with Gasteiger partial charge in [-0.3, -0.25) is 0 Å². The fourth-order valence-corrected chi connectivity index (χ4v) is 1.11. The molecular weight excluding hydrogens is 184 g/mol. The summed E-state index contributed by atoms with van der Waals surface area (Å²) in [5.41, 5.74) is 0.550. The fraction of sp³-hybridized carbons (Fsp3) is 0.300. The lowest BCUT2D eigenvalue weighted by Crippen LogP contribution is -2.03. The molecule has 4 heteroatoms. The van der Waals surface area contributed by atoms with Gasteiger partial charge in [0, 0.05) is 6.61 Å². The predicted octanol–water partition coefficient (Wildman–Crippen LogP) is 0.514. The SMILES string of the molecule is COC(=O)c1c[c]cc(CCO)c1O. The molecule has 0 aliphatic rings. The zero-order valence-electron chi connectivity index (χ0n) is 7.78. The number of benzene rings is 1. The van der Waals surface area contributed by atoms with Gasteiger partial charge in [-0.15, -0.1) is 0 Å². The van der Waals surface area contributed by atoms with Crippen molar-refractivity contribution < 1.29 is 19.7 Å².